The molecule has 0 aromatic heterocycles. The van der Waals surface area contributed by atoms with Crippen molar-refractivity contribution in [2.75, 3.05) is 0 Å². The summed E-state index contributed by atoms with van der Waals surface area (Å²) in [4.78, 5) is 0. The van der Waals surface area contributed by atoms with Crippen molar-refractivity contribution >= 4 is 8.32 Å². The molecule has 0 saturated heterocycles. The Morgan fingerprint density at radius 1 is 1.17 bits per heavy atom. The molecular weight excluding hydrogens is 442 g/mol. The van der Waals surface area contributed by atoms with Crippen LogP contribution in [0.3, 0.4) is 0 Å². The van der Waals surface area contributed by atoms with Crippen molar-refractivity contribution in [2.24, 2.45) is 28.9 Å². The minimum atomic E-state index is -1.54. The SMILES string of the molecule is CC[C@H](N)C/C(C)=C\C=C1/CCC[C@]2(C)[C@@H]([C@H](C)CCCC(C)(C)O[Si](CC)(CC)CC)CC[C@@H]12. The van der Waals surface area contributed by atoms with Gasteiger partial charge in [0.2, 0.25) is 0 Å². The van der Waals surface area contributed by atoms with Crippen LogP contribution in [0.4, 0.5) is 0 Å². The Hall–Kier alpha value is -0.383. The van der Waals surface area contributed by atoms with E-state index in [1.807, 2.05) is 0 Å². The third-order valence-corrected chi connectivity index (χ3v) is 15.1. The highest BCUT2D eigenvalue weighted by molar-refractivity contribution is 6.73. The van der Waals surface area contributed by atoms with Gasteiger partial charge in [0.15, 0.2) is 8.32 Å². The maximum atomic E-state index is 6.90. The van der Waals surface area contributed by atoms with Crippen LogP contribution in [0, 0.1) is 23.2 Å². The average Bonchev–Trinajstić information content (AvgIpc) is 3.18. The zero-order chi connectivity index (χ0) is 26.3. The Labute approximate surface area is 221 Å². The van der Waals surface area contributed by atoms with Gasteiger partial charge in [0.1, 0.15) is 0 Å². The van der Waals surface area contributed by atoms with Crippen molar-refractivity contribution in [3.63, 3.8) is 0 Å². The molecule has 0 heterocycles. The van der Waals surface area contributed by atoms with Gasteiger partial charge >= 0.3 is 0 Å². The summed E-state index contributed by atoms with van der Waals surface area (Å²) < 4.78 is 6.90. The number of nitrogens with two attached hydrogens (primary N) is 1. The molecule has 0 aromatic carbocycles. The lowest BCUT2D eigenvalue weighted by molar-refractivity contribution is 0.0704. The molecule has 3 heteroatoms. The van der Waals surface area contributed by atoms with Crippen molar-refractivity contribution in [2.45, 2.75) is 156 Å². The lowest BCUT2D eigenvalue weighted by Crippen LogP contribution is -2.44. The van der Waals surface area contributed by atoms with Crippen molar-refractivity contribution in [3.8, 4) is 0 Å². The smallest absolute Gasteiger partial charge is 0.192 e. The summed E-state index contributed by atoms with van der Waals surface area (Å²) in [6.07, 6.45) is 17.7. The lowest BCUT2D eigenvalue weighted by atomic mass is 9.60. The number of allylic oxidation sites excluding steroid dienone is 3. The minimum Gasteiger partial charge on any atom is -0.412 e. The zero-order valence-corrected chi connectivity index (χ0v) is 26.1. The van der Waals surface area contributed by atoms with Crippen LogP contribution in [0.2, 0.25) is 18.1 Å². The monoisotopic (exact) mass is 503 g/mol. The molecule has 2 saturated carbocycles. The van der Waals surface area contributed by atoms with Crippen LogP contribution in [0.25, 0.3) is 0 Å². The summed E-state index contributed by atoms with van der Waals surface area (Å²) in [7, 11) is -1.54. The van der Waals surface area contributed by atoms with E-state index in [1.54, 1.807) is 5.57 Å². The molecule has 2 nitrogen and oxygen atoms in total. The van der Waals surface area contributed by atoms with Crippen LogP contribution in [0.5, 0.6) is 0 Å². The Kier molecular flexibility index (Phi) is 11.8. The van der Waals surface area contributed by atoms with Gasteiger partial charge < -0.3 is 10.2 Å². The quantitative estimate of drug-likeness (QED) is 0.239. The number of hydrogen-bond donors (Lipinski definition) is 1. The highest BCUT2D eigenvalue weighted by Gasteiger charge is 2.50. The summed E-state index contributed by atoms with van der Waals surface area (Å²) in [5.41, 5.74) is 9.88. The van der Waals surface area contributed by atoms with Gasteiger partial charge in [-0.15, -0.1) is 0 Å². The van der Waals surface area contributed by atoms with E-state index in [2.05, 4.69) is 74.5 Å². The molecular formula is C32H61NOSi. The molecule has 0 spiro atoms. The van der Waals surface area contributed by atoms with Crippen molar-refractivity contribution in [1.29, 1.82) is 0 Å². The van der Waals surface area contributed by atoms with E-state index < -0.39 is 8.32 Å². The van der Waals surface area contributed by atoms with Gasteiger partial charge in [0, 0.05) is 6.04 Å². The number of hydrogen-bond acceptors (Lipinski definition) is 2. The molecule has 0 amide bonds. The van der Waals surface area contributed by atoms with E-state index in [0.717, 1.165) is 30.6 Å². The van der Waals surface area contributed by atoms with Gasteiger partial charge in [0.05, 0.1) is 5.60 Å². The van der Waals surface area contributed by atoms with Gasteiger partial charge in [-0.3, -0.25) is 0 Å². The maximum absolute atomic E-state index is 6.90. The normalized spacial score (nSPS) is 28.9. The Balaban J connectivity index is 1.98. The highest BCUT2D eigenvalue weighted by Crippen LogP contribution is 2.60. The van der Waals surface area contributed by atoms with Crippen LogP contribution < -0.4 is 5.73 Å². The fourth-order valence-electron chi connectivity index (χ4n) is 7.74. The number of fused-ring (bicyclic) bond motifs is 1. The molecule has 5 atom stereocenters. The van der Waals surface area contributed by atoms with E-state index in [-0.39, 0.29) is 5.60 Å². The fraction of sp³-hybridized carbons (Fsp3) is 0.875. The standard InChI is InChI=1S/C32H61NOSi/c1-10-28(33)24-25(5)18-19-27-17-15-23-32(9)29(20-21-30(27)32)26(6)16-14-22-31(7,8)34-35(11-2,12-3)13-4/h18-19,26,28-30H,10-17,20-24,33H2,1-9H3/b25-18-,27-19+/t26-,28+,29-,30+,32-/m1/s1. The minimum absolute atomic E-state index is 0.0291. The molecule has 0 radical (unpaired) electrons. The highest BCUT2D eigenvalue weighted by atomic mass is 28.4. The van der Waals surface area contributed by atoms with E-state index in [4.69, 9.17) is 10.2 Å². The molecule has 2 aliphatic carbocycles. The maximum Gasteiger partial charge on any atom is 0.192 e. The van der Waals surface area contributed by atoms with Crippen molar-refractivity contribution in [1.82, 2.24) is 0 Å². The van der Waals surface area contributed by atoms with Crippen molar-refractivity contribution in [3.05, 3.63) is 23.3 Å². The molecule has 2 rings (SSSR count). The third kappa shape index (κ3) is 8.05. The van der Waals surface area contributed by atoms with Gasteiger partial charge in [-0.2, -0.15) is 0 Å². The van der Waals surface area contributed by atoms with Crippen LogP contribution in [0.15, 0.2) is 23.3 Å². The van der Waals surface area contributed by atoms with Gasteiger partial charge in [-0.05, 0) is 113 Å². The predicted octanol–water partition coefficient (Wildman–Crippen LogP) is 9.81. The summed E-state index contributed by atoms with van der Waals surface area (Å²) >= 11 is 0. The Bertz CT molecular complexity index is 698. The molecule has 2 aliphatic rings. The Morgan fingerprint density at radius 2 is 1.83 bits per heavy atom. The molecule has 2 fully saturated rings. The van der Waals surface area contributed by atoms with E-state index in [9.17, 15) is 0 Å². The van der Waals surface area contributed by atoms with Gasteiger partial charge in [-0.25, -0.2) is 0 Å². The summed E-state index contributed by atoms with van der Waals surface area (Å²) in [5, 5.41) is 0. The van der Waals surface area contributed by atoms with Crippen LogP contribution in [-0.2, 0) is 4.43 Å². The van der Waals surface area contributed by atoms with Crippen LogP contribution in [0.1, 0.15) is 127 Å². The van der Waals surface area contributed by atoms with Crippen LogP contribution in [-0.4, -0.2) is 20.0 Å². The zero-order valence-electron chi connectivity index (χ0n) is 25.1. The first kappa shape index (κ1) is 30.8. The van der Waals surface area contributed by atoms with E-state index in [0.29, 0.717) is 11.5 Å². The first-order valence-corrected chi connectivity index (χ1v) is 17.8. The molecule has 204 valence electrons. The second kappa shape index (κ2) is 13.4. The largest absolute Gasteiger partial charge is 0.412 e. The molecule has 2 N–H and O–H groups in total. The Morgan fingerprint density at radius 3 is 2.43 bits per heavy atom. The molecule has 35 heavy (non-hydrogen) atoms. The molecule has 0 aromatic rings. The average molecular weight is 504 g/mol. The van der Waals surface area contributed by atoms with Gasteiger partial charge in [0.25, 0.3) is 0 Å². The predicted molar refractivity (Wildman–Crippen MR) is 158 cm³/mol. The van der Waals surface area contributed by atoms with Crippen LogP contribution >= 0.6 is 0 Å². The summed E-state index contributed by atoms with van der Waals surface area (Å²) in [6, 6.07) is 4.05. The van der Waals surface area contributed by atoms with E-state index >= 15 is 0 Å². The number of rotatable bonds is 14. The van der Waals surface area contributed by atoms with E-state index in [1.165, 1.54) is 75.1 Å². The van der Waals surface area contributed by atoms with Gasteiger partial charge in [-0.1, -0.05) is 77.7 Å². The summed E-state index contributed by atoms with van der Waals surface area (Å²) in [5.74, 6) is 2.47. The molecule has 0 aliphatic heterocycles. The molecule has 0 unspecified atom stereocenters. The second-order valence-electron chi connectivity index (χ2n) is 13.2. The summed E-state index contributed by atoms with van der Waals surface area (Å²) in [6.45, 7) is 21.4. The third-order valence-electron chi connectivity index (χ3n) is 10.3. The lowest BCUT2D eigenvalue weighted by Gasteiger charge is -2.44. The van der Waals surface area contributed by atoms with Crippen molar-refractivity contribution < 1.29 is 4.43 Å². The first-order chi connectivity index (χ1) is 16.5. The molecule has 0 bridgehead atoms. The fourth-order valence-corrected chi connectivity index (χ4v) is 11.0. The first-order valence-electron chi connectivity index (χ1n) is 15.3. The topological polar surface area (TPSA) is 35.2 Å². The second-order valence-corrected chi connectivity index (χ2v) is 17.9.